The Labute approximate surface area is 163 Å². The monoisotopic (exact) mass is 422 g/mol. The third kappa shape index (κ3) is 9.33. The molecule has 0 fully saturated rings. The van der Waals surface area contributed by atoms with Gasteiger partial charge in [-0.3, -0.25) is 15.0 Å². The zero-order valence-electron chi connectivity index (χ0n) is 15.3. The summed E-state index contributed by atoms with van der Waals surface area (Å²) in [7, 11) is 3.66. The van der Waals surface area contributed by atoms with Crippen molar-refractivity contribution < 1.29 is 5.11 Å². The fraction of sp³-hybridized carbons (Fsp3) is 0.389. The lowest BCUT2D eigenvalue weighted by Gasteiger charge is -2.16. The molecule has 1 aromatic rings. The first-order valence-corrected chi connectivity index (χ1v) is 9.15. The molecule has 26 heavy (non-hydrogen) atoms. The highest BCUT2D eigenvalue weighted by atomic mass is 79.9. The van der Waals surface area contributed by atoms with E-state index in [1.807, 2.05) is 32.3 Å². The van der Waals surface area contributed by atoms with Gasteiger partial charge < -0.3 is 15.7 Å². The number of nitrogens with zero attached hydrogens (tertiary/aromatic N) is 4. The van der Waals surface area contributed by atoms with Crippen LogP contribution in [-0.2, 0) is 6.54 Å². The SMILES string of the molecule is C=C(Br)/C=N\N(C)C(C=C(NC)NCCCCO)=NCc1cccnc1. The van der Waals surface area contributed by atoms with Crippen molar-refractivity contribution in [3.8, 4) is 0 Å². The molecule has 0 aliphatic heterocycles. The van der Waals surface area contributed by atoms with Gasteiger partial charge in [0.1, 0.15) is 11.7 Å². The Hall–Kier alpha value is -2.19. The normalized spacial score (nSPS) is 12.3. The summed E-state index contributed by atoms with van der Waals surface area (Å²) in [6, 6.07) is 3.87. The number of allylic oxidation sites excluding steroid dienone is 1. The second-order valence-corrected chi connectivity index (χ2v) is 6.43. The minimum Gasteiger partial charge on any atom is -0.396 e. The molecule has 0 atom stereocenters. The molecule has 0 unspecified atom stereocenters. The van der Waals surface area contributed by atoms with E-state index >= 15 is 0 Å². The van der Waals surface area contributed by atoms with E-state index in [0.29, 0.717) is 16.9 Å². The number of aliphatic imine (C=N–C) groups is 1. The molecule has 1 rings (SSSR count). The second-order valence-electron chi connectivity index (χ2n) is 5.42. The van der Waals surface area contributed by atoms with E-state index in [1.54, 1.807) is 23.6 Å². The average Bonchev–Trinajstić information content (AvgIpc) is 2.65. The van der Waals surface area contributed by atoms with Gasteiger partial charge in [0, 0.05) is 50.2 Å². The maximum absolute atomic E-state index is 8.87. The lowest BCUT2D eigenvalue weighted by molar-refractivity contribution is 0.284. The lowest BCUT2D eigenvalue weighted by atomic mass is 10.3. The molecule has 0 aliphatic carbocycles. The van der Waals surface area contributed by atoms with E-state index < -0.39 is 0 Å². The van der Waals surface area contributed by atoms with Crippen LogP contribution in [0.1, 0.15) is 18.4 Å². The highest BCUT2D eigenvalue weighted by Crippen LogP contribution is 2.03. The fourth-order valence-electron chi connectivity index (χ4n) is 1.91. The standard InChI is InChI=1S/C18H27BrN6O/c1-15(19)12-24-25(3)18(23-14-16-7-6-8-21-13-16)11-17(20-2)22-9-4-5-10-26/h6-8,11-13,20,22,26H,1,4-5,9-10,14H2,2-3H3/b17-11?,23-18?,24-12-. The highest BCUT2D eigenvalue weighted by Gasteiger charge is 2.05. The van der Waals surface area contributed by atoms with Crippen molar-refractivity contribution in [1.29, 1.82) is 0 Å². The van der Waals surface area contributed by atoms with E-state index in [0.717, 1.165) is 30.8 Å². The van der Waals surface area contributed by atoms with Crippen LogP contribution >= 0.6 is 15.9 Å². The third-order valence-corrected chi connectivity index (χ3v) is 3.50. The number of aromatic nitrogens is 1. The molecule has 0 aliphatic rings. The molecule has 1 heterocycles. The number of likely N-dealkylation sites (N-methyl/N-ethyl adjacent to an activating group) is 1. The van der Waals surface area contributed by atoms with Crippen molar-refractivity contribution in [3.63, 3.8) is 0 Å². The third-order valence-electron chi connectivity index (χ3n) is 3.29. The quantitative estimate of drug-likeness (QED) is 0.220. The maximum Gasteiger partial charge on any atom is 0.147 e. The Morgan fingerprint density at radius 1 is 1.46 bits per heavy atom. The first-order chi connectivity index (χ1) is 12.6. The van der Waals surface area contributed by atoms with Gasteiger partial charge in [-0.05, 0) is 40.4 Å². The number of hydrazone groups is 1. The van der Waals surface area contributed by atoms with Crippen LogP contribution in [0.2, 0.25) is 0 Å². The number of nitrogens with one attached hydrogen (secondary N) is 2. The summed E-state index contributed by atoms with van der Waals surface area (Å²) in [4.78, 5) is 8.76. The number of hydrogen-bond acceptors (Lipinski definition) is 6. The minimum atomic E-state index is 0.200. The molecule has 0 spiro atoms. The molecule has 8 heteroatoms. The van der Waals surface area contributed by atoms with Crippen LogP contribution < -0.4 is 10.6 Å². The Morgan fingerprint density at radius 2 is 2.27 bits per heavy atom. The number of pyridine rings is 1. The number of amidine groups is 1. The van der Waals surface area contributed by atoms with Gasteiger partial charge >= 0.3 is 0 Å². The van der Waals surface area contributed by atoms with E-state index in [4.69, 9.17) is 5.11 Å². The number of aliphatic hydroxyl groups is 1. The molecule has 0 saturated carbocycles. The number of aliphatic hydroxyl groups excluding tert-OH is 1. The number of unbranched alkanes of at least 4 members (excludes halogenated alkanes) is 1. The molecule has 0 saturated heterocycles. The van der Waals surface area contributed by atoms with Gasteiger partial charge in [0.15, 0.2) is 0 Å². The predicted octanol–water partition coefficient (Wildman–Crippen LogP) is 2.23. The summed E-state index contributed by atoms with van der Waals surface area (Å²) in [5.74, 6) is 1.51. The zero-order chi connectivity index (χ0) is 19.2. The molecule has 0 amide bonds. The number of hydrogen-bond donors (Lipinski definition) is 3. The van der Waals surface area contributed by atoms with Gasteiger partial charge in [0.05, 0.1) is 12.8 Å². The molecule has 142 valence electrons. The molecule has 7 nitrogen and oxygen atoms in total. The van der Waals surface area contributed by atoms with E-state index in [2.05, 4.69) is 48.2 Å². The van der Waals surface area contributed by atoms with Gasteiger partial charge in [0.25, 0.3) is 0 Å². The van der Waals surface area contributed by atoms with Crippen molar-refractivity contribution in [2.45, 2.75) is 19.4 Å². The number of rotatable bonds is 11. The number of halogens is 1. The van der Waals surface area contributed by atoms with Crippen LogP contribution in [0, 0.1) is 0 Å². The van der Waals surface area contributed by atoms with Gasteiger partial charge in [-0.25, -0.2) is 0 Å². The average molecular weight is 423 g/mol. The predicted molar refractivity (Wildman–Crippen MR) is 111 cm³/mol. The maximum atomic E-state index is 8.87. The van der Waals surface area contributed by atoms with Crippen molar-refractivity contribution in [3.05, 3.63) is 53.0 Å². The van der Waals surface area contributed by atoms with Gasteiger partial charge in [-0.2, -0.15) is 5.10 Å². The van der Waals surface area contributed by atoms with Crippen molar-refractivity contribution in [2.24, 2.45) is 10.1 Å². The van der Waals surface area contributed by atoms with Crippen LogP contribution in [0.15, 0.2) is 57.6 Å². The Balaban J connectivity index is 2.93. The molecule has 0 bridgehead atoms. The van der Waals surface area contributed by atoms with Crippen LogP contribution in [-0.4, -0.2) is 54.4 Å². The molecule has 3 N–H and O–H groups in total. The first-order valence-electron chi connectivity index (χ1n) is 8.36. The zero-order valence-corrected chi connectivity index (χ0v) is 16.9. The van der Waals surface area contributed by atoms with Crippen molar-refractivity contribution in [1.82, 2.24) is 20.6 Å². The summed E-state index contributed by atoms with van der Waals surface area (Å²) in [5.41, 5.74) is 1.02. The highest BCUT2D eigenvalue weighted by molar-refractivity contribution is 9.12. The van der Waals surface area contributed by atoms with E-state index in [9.17, 15) is 0 Å². The lowest BCUT2D eigenvalue weighted by Crippen LogP contribution is -2.28. The van der Waals surface area contributed by atoms with E-state index in [1.165, 1.54) is 0 Å². The Bertz CT molecular complexity index is 630. The molecule has 1 aromatic heterocycles. The molecule has 0 radical (unpaired) electrons. The molecular weight excluding hydrogens is 396 g/mol. The molecular formula is C18H27BrN6O. The van der Waals surface area contributed by atoms with Gasteiger partial charge in [-0.15, -0.1) is 0 Å². The van der Waals surface area contributed by atoms with Crippen molar-refractivity contribution in [2.75, 3.05) is 27.2 Å². The topological polar surface area (TPSA) is 85.1 Å². The van der Waals surface area contributed by atoms with Crippen LogP contribution in [0.3, 0.4) is 0 Å². The van der Waals surface area contributed by atoms with Crippen LogP contribution in [0.25, 0.3) is 0 Å². The largest absolute Gasteiger partial charge is 0.396 e. The summed E-state index contributed by atoms with van der Waals surface area (Å²) in [6.07, 6.45) is 8.69. The van der Waals surface area contributed by atoms with Crippen molar-refractivity contribution >= 4 is 28.0 Å². The Morgan fingerprint density at radius 3 is 2.88 bits per heavy atom. The van der Waals surface area contributed by atoms with Crippen LogP contribution in [0.4, 0.5) is 0 Å². The molecule has 0 aromatic carbocycles. The van der Waals surface area contributed by atoms with Gasteiger partial charge in [-0.1, -0.05) is 12.6 Å². The summed E-state index contributed by atoms with van der Waals surface area (Å²) >= 11 is 3.26. The summed E-state index contributed by atoms with van der Waals surface area (Å²) in [6.45, 7) is 5.20. The van der Waals surface area contributed by atoms with Crippen LogP contribution in [0.5, 0.6) is 0 Å². The fourth-order valence-corrected chi connectivity index (χ4v) is 2.01. The summed E-state index contributed by atoms with van der Waals surface area (Å²) < 4.78 is 0.677. The van der Waals surface area contributed by atoms with Gasteiger partial charge in [0.2, 0.25) is 0 Å². The van der Waals surface area contributed by atoms with E-state index in [-0.39, 0.29) is 6.61 Å². The smallest absolute Gasteiger partial charge is 0.147 e. The second kappa shape index (κ2) is 13.1. The Kier molecular flexibility index (Phi) is 11.0. The minimum absolute atomic E-state index is 0.200. The first kappa shape index (κ1) is 21.9. The summed E-state index contributed by atoms with van der Waals surface area (Å²) in [5, 5.41) is 21.3.